The zero-order valence-electron chi connectivity index (χ0n) is 14.4. The third-order valence-electron chi connectivity index (χ3n) is 3.67. The summed E-state index contributed by atoms with van der Waals surface area (Å²) in [5, 5.41) is 5.47. The second-order valence-corrected chi connectivity index (χ2v) is 5.79. The molecule has 134 valence electrons. The van der Waals surface area contributed by atoms with Crippen LogP contribution >= 0.6 is 0 Å². The molecule has 1 aromatic heterocycles. The standard InChI is InChI=1S/C19H20N4O3/c1-13(24)21-14-6-8-15(9-7-14)26-12-19(25)20-11-10-18-22-16-4-2-3-5-17(16)23-18/h2-9H,10-12H2,1H3,(H,20,25)(H,21,24)(H,22,23). The third kappa shape index (κ3) is 4.83. The second-order valence-electron chi connectivity index (χ2n) is 5.79. The molecule has 0 aliphatic carbocycles. The maximum atomic E-state index is 11.9. The lowest BCUT2D eigenvalue weighted by Crippen LogP contribution is -2.30. The summed E-state index contributed by atoms with van der Waals surface area (Å²) in [5.41, 5.74) is 2.58. The molecule has 1 heterocycles. The Morgan fingerprint density at radius 3 is 2.62 bits per heavy atom. The van der Waals surface area contributed by atoms with Gasteiger partial charge in [0.05, 0.1) is 11.0 Å². The van der Waals surface area contributed by atoms with Crippen molar-refractivity contribution in [2.24, 2.45) is 0 Å². The normalized spacial score (nSPS) is 10.5. The van der Waals surface area contributed by atoms with Crippen LogP contribution in [-0.4, -0.2) is 34.9 Å². The molecule has 0 aliphatic rings. The van der Waals surface area contributed by atoms with Gasteiger partial charge in [-0.05, 0) is 36.4 Å². The summed E-state index contributed by atoms with van der Waals surface area (Å²) in [7, 11) is 0. The van der Waals surface area contributed by atoms with Crippen LogP contribution in [-0.2, 0) is 16.0 Å². The molecule has 0 radical (unpaired) electrons. The van der Waals surface area contributed by atoms with E-state index in [0.29, 0.717) is 24.4 Å². The lowest BCUT2D eigenvalue weighted by atomic mass is 10.3. The van der Waals surface area contributed by atoms with Crippen molar-refractivity contribution in [3.05, 3.63) is 54.4 Å². The molecule has 2 amide bonds. The van der Waals surface area contributed by atoms with E-state index in [2.05, 4.69) is 20.6 Å². The van der Waals surface area contributed by atoms with Crippen LogP contribution in [0, 0.1) is 0 Å². The number of anilines is 1. The van der Waals surface area contributed by atoms with Crippen LogP contribution in [0.1, 0.15) is 12.7 Å². The molecule has 0 aliphatic heterocycles. The Balaban J connectivity index is 1.40. The first-order valence-corrected chi connectivity index (χ1v) is 8.31. The minimum atomic E-state index is -0.202. The minimum absolute atomic E-state index is 0.0698. The highest BCUT2D eigenvalue weighted by Gasteiger charge is 2.05. The lowest BCUT2D eigenvalue weighted by molar-refractivity contribution is -0.123. The summed E-state index contributed by atoms with van der Waals surface area (Å²) in [5.74, 6) is 1.06. The van der Waals surface area contributed by atoms with E-state index in [-0.39, 0.29) is 18.4 Å². The minimum Gasteiger partial charge on any atom is -0.484 e. The molecule has 0 fully saturated rings. The van der Waals surface area contributed by atoms with Gasteiger partial charge in [0, 0.05) is 25.6 Å². The van der Waals surface area contributed by atoms with E-state index in [1.54, 1.807) is 24.3 Å². The van der Waals surface area contributed by atoms with Crippen molar-refractivity contribution in [2.75, 3.05) is 18.5 Å². The van der Waals surface area contributed by atoms with Crippen molar-refractivity contribution in [1.29, 1.82) is 0 Å². The summed E-state index contributed by atoms with van der Waals surface area (Å²) in [6.07, 6.45) is 0.617. The number of aromatic amines is 1. The largest absolute Gasteiger partial charge is 0.484 e. The number of hydrogen-bond acceptors (Lipinski definition) is 4. The summed E-state index contributed by atoms with van der Waals surface area (Å²) < 4.78 is 5.43. The SMILES string of the molecule is CC(=O)Nc1ccc(OCC(=O)NCCc2nc3ccccc3[nH]2)cc1. The van der Waals surface area contributed by atoms with E-state index in [9.17, 15) is 9.59 Å². The number of aromatic nitrogens is 2. The molecule has 0 bridgehead atoms. The van der Waals surface area contributed by atoms with Gasteiger partial charge in [0.25, 0.3) is 5.91 Å². The van der Waals surface area contributed by atoms with Crippen molar-refractivity contribution in [3.63, 3.8) is 0 Å². The average Bonchev–Trinajstić information content (AvgIpc) is 3.03. The van der Waals surface area contributed by atoms with Crippen LogP contribution in [0.4, 0.5) is 5.69 Å². The summed E-state index contributed by atoms with van der Waals surface area (Å²) in [6, 6.07) is 14.6. The Kier molecular flexibility index (Phi) is 5.48. The van der Waals surface area contributed by atoms with E-state index >= 15 is 0 Å². The van der Waals surface area contributed by atoms with E-state index in [4.69, 9.17) is 4.74 Å². The fraction of sp³-hybridized carbons (Fsp3) is 0.211. The zero-order valence-corrected chi connectivity index (χ0v) is 14.4. The third-order valence-corrected chi connectivity index (χ3v) is 3.67. The lowest BCUT2D eigenvalue weighted by Gasteiger charge is -2.08. The van der Waals surface area contributed by atoms with Crippen molar-refractivity contribution in [1.82, 2.24) is 15.3 Å². The van der Waals surface area contributed by atoms with E-state index in [1.807, 2.05) is 24.3 Å². The molecule has 0 atom stereocenters. The quantitative estimate of drug-likeness (QED) is 0.608. The highest BCUT2D eigenvalue weighted by Crippen LogP contribution is 2.15. The molecule has 3 aromatic rings. The highest BCUT2D eigenvalue weighted by atomic mass is 16.5. The van der Waals surface area contributed by atoms with Crippen LogP contribution in [0.25, 0.3) is 11.0 Å². The molecule has 0 saturated carbocycles. The zero-order chi connectivity index (χ0) is 18.4. The van der Waals surface area contributed by atoms with Crippen LogP contribution in [0.2, 0.25) is 0 Å². The highest BCUT2D eigenvalue weighted by molar-refractivity contribution is 5.88. The fourth-order valence-electron chi connectivity index (χ4n) is 2.48. The molecule has 0 unspecified atom stereocenters. The van der Waals surface area contributed by atoms with Gasteiger partial charge in [0.2, 0.25) is 5.91 Å². The van der Waals surface area contributed by atoms with Crippen molar-refractivity contribution >= 4 is 28.5 Å². The number of nitrogens with one attached hydrogen (secondary N) is 3. The van der Waals surface area contributed by atoms with Crippen molar-refractivity contribution in [2.45, 2.75) is 13.3 Å². The van der Waals surface area contributed by atoms with E-state index < -0.39 is 0 Å². The van der Waals surface area contributed by atoms with Gasteiger partial charge in [0.1, 0.15) is 11.6 Å². The van der Waals surface area contributed by atoms with Gasteiger partial charge < -0.3 is 20.4 Å². The van der Waals surface area contributed by atoms with Gasteiger partial charge in [-0.2, -0.15) is 0 Å². The first-order chi connectivity index (χ1) is 12.6. The number of hydrogen-bond donors (Lipinski definition) is 3. The van der Waals surface area contributed by atoms with Gasteiger partial charge in [-0.25, -0.2) is 4.98 Å². The van der Waals surface area contributed by atoms with Crippen LogP contribution in [0.15, 0.2) is 48.5 Å². The Bertz CT molecular complexity index is 870. The molecule has 7 heteroatoms. The number of nitrogens with zero attached hydrogens (tertiary/aromatic N) is 1. The molecule has 26 heavy (non-hydrogen) atoms. The number of fused-ring (bicyclic) bond motifs is 1. The molecule has 7 nitrogen and oxygen atoms in total. The maximum Gasteiger partial charge on any atom is 0.257 e. The smallest absolute Gasteiger partial charge is 0.257 e. The first-order valence-electron chi connectivity index (χ1n) is 8.31. The molecular weight excluding hydrogens is 332 g/mol. The Morgan fingerprint density at radius 1 is 1.12 bits per heavy atom. The Hall–Kier alpha value is -3.35. The van der Waals surface area contributed by atoms with Gasteiger partial charge in [-0.1, -0.05) is 12.1 Å². The second kappa shape index (κ2) is 8.15. The summed E-state index contributed by atoms with van der Waals surface area (Å²) >= 11 is 0. The number of para-hydroxylation sites is 2. The molecule has 2 aromatic carbocycles. The van der Waals surface area contributed by atoms with Crippen LogP contribution in [0.3, 0.4) is 0 Å². The number of amides is 2. The van der Waals surface area contributed by atoms with Crippen molar-refractivity contribution < 1.29 is 14.3 Å². The Morgan fingerprint density at radius 2 is 1.88 bits per heavy atom. The van der Waals surface area contributed by atoms with Gasteiger partial charge in [0.15, 0.2) is 6.61 Å². The molecule has 0 saturated heterocycles. The van der Waals surface area contributed by atoms with Gasteiger partial charge >= 0.3 is 0 Å². The molecule has 3 rings (SSSR count). The average molecular weight is 352 g/mol. The molecule has 3 N–H and O–H groups in total. The van der Waals surface area contributed by atoms with Crippen LogP contribution < -0.4 is 15.4 Å². The topological polar surface area (TPSA) is 96.1 Å². The Labute approximate surface area is 150 Å². The number of H-pyrrole nitrogens is 1. The number of rotatable bonds is 7. The number of benzene rings is 2. The van der Waals surface area contributed by atoms with Crippen LogP contribution in [0.5, 0.6) is 5.75 Å². The molecular formula is C19H20N4O3. The summed E-state index contributed by atoms with van der Waals surface area (Å²) in [4.78, 5) is 30.5. The fourth-order valence-corrected chi connectivity index (χ4v) is 2.48. The number of carbonyl (C=O) groups excluding carboxylic acids is 2. The predicted molar refractivity (Wildman–Crippen MR) is 99.0 cm³/mol. The predicted octanol–water partition coefficient (Wildman–Crippen LogP) is 2.26. The van der Waals surface area contributed by atoms with Gasteiger partial charge in [-0.15, -0.1) is 0 Å². The van der Waals surface area contributed by atoms with E-state index in [1.165, 1.54) is 6.92 Å². The molecule has 0 spiro atoms. The number of imidazole rings is 1. The number of ether oxygens (including phenoxy) is 1. The van der Waals surface area contributed by atoms with Crippen molar-refractivity contribution in [3.8, 4) is 5.75 Å². The monoisotopic (exact) mass is 352 g/mol. The first kappa shape index (κ1) is 17.5. The van der Waals surface area contributed by atoms with Gasteiger partial charge in [-0.3, -0.25) is 9.59 Å². The maximum absolute atomic E-state index is 11.9. The number of carbonyl (C=O) groups is 2. The van der Waals surface area contributed by atoms with E-state index in [0.717, 1.165) is 16.9 Å². The summed E-state index contributed by atoms with van der Waals surface area (Å²) in [6.45, 7) is 1.85.